The third kappa shape index (κ3) is 4.97. The van der Waals surface area contributed by atoms with Crippen LogP contribution in [-0.4, -0.2) is 42.1 Å². The normalized spacial score (nSPS) is 10.3. The first-order valence-electron chi connectivity index (χ1n) is 6.94. The Morgan fingerprint density at radius 1 is 1.17 bits per heavy atom. The first-order chi connectivity index (χ1) is 11.0. The molecule has 0 aliphatic heterocycles. The smallest absolute Gasteiger partial charge is 0.345 e. The highest BCUT2D eigenvalue weighted by atomic mass is 35.5. The Kier molecular flexibility index (Phi) is 6.01. The van der Waals surface area contributed by atoms with Crippen molar-refractivity contribution in [2.24, 2.45) is 0 Å². The van der Waals surface area contributed by atoms with Gasteiger partial charge < -0.3 is 14.7 Å². The van der Waals surface area contributed by atoms with Crippen molar-refractivity contribution in [1.29, 1.82) is 0 Å². The van der Waals surface area contributed by atoms with Gasteiger partial charge in [-0.1, -0.05) is 11.6 Å². The Bertz CT molecular complexity index is 684. The van der Waals surface area contributed by atoms with Crippen molar-refractivity contribution in [3.8, 4) is 5.75 Å². The lowest BCUT2D eigenvalue weighted by Gasteiger charge is -2.16. The number of ether oxygens (including phenoxy) is 1. The van der Waals surface area contributed by atoms with Crippen LogP contribution in [0.4, 0.5) is 0 Å². The number of benzene rings is 1. The Hall–Kier alpha value is -2.05. The molecule has 2 rings (SSSR count). The number of hydrogen-bond acceptors (Lipinski definition) is 4. The summed E-state index contributed by atoms with van der Waals surface area (Å²) in [5.74, 6) is -0.477. The van der Waals surface area contributed by atoms with Gasteiger partial charge in [-0.15, -0.1) is 11.3 Å². The molecule has 1 heterocycles. The van der Waals surface area contributed by atoms with Gasteiger partial charge >= 0.3 is 5.97 Å². The molecule has 0 saturated carbocycles. The molecule has 0 unspecified atom stereocenters. The average Bonchev–Trinajstić information content (AvgIpc) is 3.02. The first kappa shape index (κ1) is 17.3. The molecule has 2 aromatic rings. The van der Waals surface area contributed by atoms with E-state index >= 15 is 0 Å². The Morgan fingerprint density at radius 3 is 2.43 bits per heavy atom. The molecular formula is C16H16ClNO4S. The van der Waals surface area contributed by atoms with Crippen molar-refractivity contribution < 1.29 is 19.4 Å². The largest absolute Gasteiger partial charge is 0.494 e. The lowest BCUT2D eigenvalue weighted by Crippen LogP contribution is -2.28. The summed E-state index contributed by atoms with van der Waals surface area (Å²) in [4.78, 5) is 25.1. The zero-order valence-electron chi connectivity index (χ0n) is 12.5. The van der Waals surface area contributed by atoms with Gasteiger partial charge in [-0.25, -0.2) is 4.79 Å². The highest BCUT2D eigenvalue weighted by Crippen LogP contribution is 2.18. The highest BCUT2D eigenvalue weighted by Gasteiger charge is 2.16. The van der Waals surface area contributed by atoms with E-state index in [9.17, 15) is 9.59 Å². The maximum absolute atomic E-state index is 12.2. The van der Waals surface area contributed by atoms with Crippen LogP contribution < -0.4 is 4.74 Å². The van der Waals surface area contributed by atoms with E-state index in [0.717, 1.165) is 17.1 Å². The summed E-state index contributed by atoms with van der Waals surface area (Å²) in [5, 5.41) is 9.53. The summed E-state index contributed by atoms with van der Waals surface area (Å²) in [6.07, 6.45) is 0.669. The van der Waals surface area contributed by atoms with Gasteiger partial charge in [-0.3, -0.25) is 4.79 Å². The van der Waals surface area contributed by atoms with Crippen LogP contribution in [0.2, 0.25) is 5.02 Å². The predicted molar refractivity (Wildman–Crippen MR) is 89.8 cm³/mol. The van der Waals surface area contributed by atoms with Crippen molar-refractivity contribution in [3.05, 3.63) is 51.2 Å². The zero-order valence-corrected chi connectivity index (χ0v) is 14.1. The van der Waals surface area contributed by atoms with Crippen LogP contribution >= 0.6 is 22.9 Å². The Balaban J connectivity index is 1.77. The highest BCUT2D eigenvalue weighted by molar-refractivity contribution is 7.15. The molecule has 0 saturated heterocycles. The van der Waals surface area contributed by atoms with Crippen LogP contribution in [0, 0.1) is 0 Å². The average molecular weight is 354 g/mol. The van der Waals surface area contributed by atoms with Crippen LogP contribution in [0.3, 0.4) is 0 Å². The summed E-state index contributed by atoms with van der Waals surface area (Å²) < 4.78 is 5.56. The molecule has 0 aliphatic carbocycles. The van der Waals surface area contributed by atoms with E-state index in [-0.39, 0.29) is 10.8 Å². The number of carbonyl (C=O) groups is 2. The molecule has 0 bridgehead atoms. The number of thiophene rings is 1. The van der Waals surface area contributed by atoms with Gasteiger partial charge in [-0.05, 0) is 42.8 Å². The van der Waals surface area contributed by atoms with Gasteiger partial charge in [0.25, 0.3) is 5.91 Å². The van der Waals surface area contributed by atoms with Crippen LogP contribution in [-0.2, 0) is 0 Å². The number of carboxylic acid groups (broad SMARTS) is 1. The van der Waals surface area contributed by atoms with E-state index in [2.05, 4.69) is 0 Å². The summed E-state index contributed by atoms with van der Waals surface area (Å²) >= 11 is 6.77. The minimum atomic E-state index is -1.02. The maximum Gasteiger partial charge on any atom is 0.345 e. The maximum atomic E-state index is 12.2. The summed E-state index contributed by atoms with van der Waals surface area (Å²) in [6.45, 7) is 0.997. The number of rotatable bonds is 7. The van der Waals surface area contributed by atoms with Crippen molar-refractivity contribution in [1.82, 2.24) is 4.90 Å². The van der Waals surface area contributed by atoms with E-state index in [1.165, 1.54) is 12.1 Å². The quantitative estimate of drug-likeness (QED) is 0.772. The second-order valence-electron chi connectivity index (χ2n) is 4.85. The van der Waals surface area contributed by atoms with Gasteiger partial charge in [0, 0.05) is 18.6 Å². The number of halogens is 1. The van der Waals surface area contributed by atoms with Gasteiger partial charge in [0.15, 0.2) is 0 Å². The van der Waals surface area contributed by atoms with Crippen molar-refractivity contribution in [2.45, 2.75) is 6.42 Å². The minimum absolute atomic E-state index is 0.160. The molecule has 7 heteroatoms. The molecular weight excluding hydrogens is 338 g/mol. The predicted octanol–water partition coefficient (Wildman–Crippen LogP) is 3.64. The third-order valence-electron chi connectivity index (χ3n) is 3.09. The molecule has 23 heavy (non-hydrogen) atoms. The van der Waals surface area contributed by atoms with Crippen LogP contribution in [0.5, 0.6) is 5.75 Å². The summed E-state index contributed by atoms with van der Waals surface area (Å²) in [5.41, 5.74) is 0. The van der Waals surface area contributed by atoms with E-state index in [1.807, 2.05) is 0 Å². The van der Waals surface area contributed by atoms with Gasteiger partial charge in [0.05, 0.1) is 11.5 Å². The molecule has 0 spiro atoms. The molecule has 0 atom stereocenters. The van der Waals surface area contributed by atoms with Crippen molar-refractivity contribution in [3.63, 3.8) is 0 Å². The monoisotopic (exact) mass is 353 g/mol. The lowest BCUT2D eigenvalue weighted by molar-refractivity contribution is 0.0701. The minimum Gasteiger partial charge on any atom is -0.494 e. The van der Waals surface area contributed by atoms with Gasteiger partial charge in [0.2, 0.25) is 0 Å². The number of aromatic carboxylic acids is 1. The SMILES string of the molecule is CN(CCCOc1ccc(Cl)cc1)C(=O)c1ccc(C(=O)O)s1. The second-order valence-corrected chi connectivity index (χ2v) is 6.37. The van der Waals surface area contributed by atoms with Crippen LogP contribution in [0.15, 0.2) is 36.4 Å². The van der Waals surface area contributed by atoms with E-state index in [4.69, 9.17) is 21.4 Å². The van der Waals surface area contributed by atoms with Crippen LogP contribution in [0.25, 0.3) is 0 Å². The molecule has 5 nitrogen and oxygen atoms in total. The molecule has 1 aromatic carbocycles. The summed E-state index contributed by atoms with van der Waals surface area (Å²) in [6, 6.07) is 10.1. The number of carboxylic acids is 1. The van der Waals surface area contributed by atoms with Crippen LogP contribution in [0.1, 0.15) is 25.8 Å². The fourth-order valence-electron chi connectivity index (χ4n) is 1.88. The summed E-state index contributed by atoms with van der Waals surface area (Å²) in [7, 11) is 1.69. The molecule has 1 aromatic heterocycles. The van der Waals surface area contributed by atoms with Crippen molar-refractivity contribution in [2.75, 3.05) is 20.2 Å². The number of hydrogen-bond donors (Lipinski definition) is 1. The topological polar surface area (TPSA) is 66.8 Å². The first-order valence-corrected chi connectivity index (χ1v) is 8.14. The number of amides is 1. The fraction of sp³-hybridized carbons (Fsp3) is 0.250. The van der Waals surface area contributed by atoms with E-state index in [0.29, 0.717) is 29.5 Å². The zero-order chi connectivity index (χ0) is 16.8. The molecule has 1 amide bonds. The van der Waals surface area contributed by atoms with Gasteiger partial charge in [-0.2, -0.15) is 0 Å². The van der Waals surface area contributed by atoms with E-state index in [1.54, 1.807) is 36.2 Å². The Labute approximate surface area is 143 Å². The fourth-order valence-corrected chi connectivity index (χ4v) is 2.85. The molecule has 0 fully saturated rings. The number of nitrogens with zero attached hydrogens (tertiary/aromatic N) is 1. The standard InChI is InChI=1S/C16H16ClNO4S/c1-18(15(19)13-7-8-14(23-13)16(20)21)9-2-10-22-12-5-3-11(17)4-6-12/h3-8H,2,9-10H2,1H3,(H,20,21). The lowest BCUT2D eigenvalue weighted by atomic mass is 10.3. The third-order valence-corrected chi connectivity index (χ3v) is 4.41. The second kappa shape index (κ2) is 7.99. The molecule has 122 valence electrons. The van der Waals surface area contributed by atoms with Crippen molar-refractivity contribution >= 4 is 34.8 Å². The molecule has 1 N–H and O–H groups in total. The van der Waals surface area contributed by atoms with E-state index < -0.39 is 5.97 Å². The molecule has 0 aliphatic rings. The van der Waals surface area contributed by atoms with Gasteiger partial charge in [0.1, 0.15) is 10.6 Å². The molecule has 0 radical (unpaired) electrons. The Morgan fingerprint density at radius 2 is 1.83 bits per heavy atom. The number of carbonyl (C=O) groups excluding carboxylic acids is 1.